The van der Waals surface area contributed by atoms with Gasteiger partial charge in [0.15, 0.2) is 0 Å². The first-order chi connectivity index (χ1) is 12.7. The summed E-state index contributed by atoms with van der Waals surface area (Å²) in [6.45, 7) is 2.82. The number of thioether (sulfide) groups is 1. The molecule has 0 aliphatic carbocycles. The number of ether oxygens (including phenoxy) is 1. The second-order valence-electron chi connectivity index (χ2n) is 6.18. The lowest BCUT2D eigenvalue weighted by molar-refractivity contribution is 0.0948. The van der Waals surface area contributed by atoms with Crippen molar-refractivity contribution in [2.75, 3.05) is 37.5 Å². The molecule has 0 saturated carbocycles. The van der Waals surface area contributed by atoms with E-state index < -0.39 is 0 Å². The Bertz CT molecular complexity index is 752. The Morgan fingerprint density at radius 2 is 2.08 bits per heavy atom. The molecule has 3 rings (SSSR count). The van der Waals surface area contributed by atoms with Crippen molar-refractivity contribution in [3.63, 3.8) is 0 Å². The van der Waals surface area contributed by atoms with Crippen molar-refractivity contribution < 1.29 is 13.9 Å². The highest BCUT2D eigenvalue weighted by Gasteiger charge is 2.19. The van der Waals surface area contributed by atoms with Crippen LogP contribution in [0.15, 0.2) is 47.4 Å². The third kappa shape index (κ3) is 4.77. The number of halogens is 1. The number of methoxy groups -OCH3 is 1. The maximum absolute atomic E-state index is 13.1. The van der Waals surface area contributed by atoms with Gasteiger partial charge in [-0.25, -0.2) is 4.39 Å². The second-order valence-corrected chi connectivity index (χ2v) is 7.32. The van der Waals surface area contributed by atoms with Crippen LogP contribution < -0.4 is 10.2 Å². The predicted octanol–water partition coefficient (Wildman–Crippen LogP) is 3.70. The molecule has 0 aromatic heterocycles. The van der Waals surface area contributed by atoms with Gasteiger partial charge in [-0.2, -0.15) is 0 Å². The first-order valence-electron chi connectivity index (χ1n) is 8.71. The molecule has 2 aromatic carbocycles. The van der Waals surface area contributed by atoms with Crippen LogP contribution in [-0.2, 0) is 11.3 Å². The van der Waals surface area contributed by atoms with Crippen molar-refractivity contribution in [3.8, 4) is 0 Å². The molecule has 0 radical (unpaired) electrons. The van der Waals surface area contributed by atoms with Gasteiger partial charge in [0.25, 0.3) is 5.91 Å². The summed E-state index contributed by atoms with van der Waals surface area (Å²) in [7, 11) is 1.65. The van der Waals surface area contributed by atoms with Crippen LogP contribution >= 0.6 is 11.8 Å². The molecule has 4 nitrogen and oxygen atoms in total. The van der Waals surface area contributed by atoms with E-state index in [-0.39, 0.29) is 11.7 Å². The largest absolute Gasteiger partial charge is 0.385 e. The molecule has 138 valence electrons. The normalized spacial score (nSPS) is 13.4. The predicted molar refractivity (Wildman–Crippen MR) is 103 cm³/mol. The van der Waals surface area contributed by atoms with Gasteiger partial charge in [0, 0.05) is 49.6 Å². The molecule has 26 heavy (non-hydrogen) atoms. The first-order valence-corrected chi connectivity index (χ1v) is 9.69. The van der Waals surface area contributed by atoms with Crippen LogP contribution in [0, 0.1) is 5.82 Å². The zero-order chi connectivity index (χ0) is 18.4. The topological polar surface area (TPSA) is 41.6 Å². The average Bonchev–Trinajstić information content (AvgIpc) is 2.67. The van der Waals surface area contributed by atoms with E-state index in [4.69, 9.17) is 4.74 Å². The van der Waals surface area contributed by atoms with Gasteiger partial charge in [0.05, 0.1) is 5.69 Å². The third-order valence-corrected chi connectivity index (χ3v) is 5.32. The molecular formula is C20H23FN2O2S. The number of carbonyl (C=O) groups is 1. The molecule has 0 spiro atoms. The lowest BCUT2D eigenvalue weighted by atomic mass is 10.1. The fourth-order valence-corrected chi connectivity index (χ4v) is 3.94. The quantitative estimate of drug-likeness (QED) is 0.751. The number of hydrogen-bond donors (Lipinski definition) is 1. The van der Waals surface area contributed by atoms with Crippen molar-refractivity contribution in [1.82, 2.24) is 5.32 Å². The Labute approximate surface area is 157 Å². The molecule has 6 heteroatoms. The van der Waals surface area contributed by atoms with E-state index in [2.05, 4.69) is 10.2 Å². The summed E-state index contributed by atoms with van der Waals surface area (Å²) < 4.78 is 18.1. The minimum absolute atomic E-state index is 0.0683. The summed E-state index contributed by atoms with van der Waals surface area (Å²) in [5, 5.41) is 2.93. The molecule has 1 aliphatic rings. The zero-order valence-corrected chi connectivity index (χ0v) is 15.7. The highest BCUT2D eigenvalue weighted by molar-refractivity contribution is 7.99. The van der Waals surface area contributed by atoms with Gasteiger partial charge in [0.2, 0.25) is 0 Å². The van der Waals surface area contributed by atoms with Gasteiger partial charge >= 0.3 is 0 Å². The highest BCUT2D eigenvalue weighted by Crippen LogP contribution is 2.36. The number of carbonyl (C=O) groups excluding carboxylic acids is 1. The number of nitrogens with one attached hydrogen (secondary N) is 1. The van der Waals surface area contributed by atoms with Crippen molar-refractivity contribution in [3.05, 3.63) is 59.4 Å². The number of amides is 1. The molecule has 0 unspecified atom stereocenters. The number of anilines is 1. The van der Waals surface area contributed by atoms with Crippen LogP contribution in [0.5, 0.6) is 0 Å². The van der Waals surface area contributed by atoms with Crippen LogP contribution in [0.1, 0.15) is 22.3 Å². The molecular weight excluding hydrogens is 351 g/mol. The van der Waals surface area contributed by atoms with Gasteiger partial charge in [0.1, 0.15) is 5.82 Å². The highest BCUT2D eigenvalue weighted by atomic mass is 32.2. The summed E-state index contributed by atoms with van der Waals surface area (Å²) in [4.78, 5) is 15.8. The molecule has 1 aliphatic heterocycles. The Morgan fingerprint density at radius 3 is 2.85 bits per heavy atom. The smallest absolute Gasteiger partial charge is 0.251 e. The standard InChI is InChI=1S/C20H23FN2O2S/c1-25-11-2-9-22-20(24)16-5-8-19-18(13-16)23(10-12-26-19)14-15-3-6-17(21)7-4-15/h3-8,13H,2,9-12,14H2,1H3,(H,22,24). The summed E-state index contributed by atoms with van der Waals surface area (Å²) >= 11 is 1.80. The molecule has 0 fully saturated rings. The summed E-state index contributed by atoms with van der Waals surface area (Å²) in [5.74, 6) is 0.702. The molecule has 0 bridgehead atoms. The molecule has 1 N–H and O–H groups in total. The van der Waals surface area contributed by atoms with E-state index in [0.717, 1.165) is 30.0 Å². The van der Waals surface area contributed by atoms with Gasteiger partial charge in [-0.3, -0.25) is 4.79 Å². The van der Waals surface area contributed by atoms with Crippen LogP contribution in [-0.4, -0.2) is 38.5 Å². The Hall–Kier alpha value is -2.05. The maximum Gasteiger partial charge on any atom is 0.251 e. The Kier molecular flexibility index (Phi) is 6.52. The fourth-order valence-electron chi connectivity index (χ4n) is 2.91. The van der Waals surface area contributed by atoms with E-state index >= 15 is 0 Å². The van der Waals surface area contributed by atoms with Crippen molar-refractivity contribution >= 4 is 23.4 Å². The Morgan fingerprint density at radius 1 is 1.27 bits per heavy atom. The number of benzene rings is 2. The van der Waals surface area contributed by atoms with Crippen molar-refractivity contribution in [2.45, 2.75) is 17.9 Å². The van der Waals surface area contributed by atoms with Gasteiger partial charge < -0.3 is 15.0 Å². The van der Waals surface area contributed by atoms with E-state index in [9.17, 15) is 9.18 Å². The van der Waals surface area contributed by atoms with Crippen molar-refractivity contribution in [2.24, 2.45) is 0 Å². The van der Waals surface area contributed by atoms with Crippen LogP contribution in [0.25, 0.3) is 0 Å². The summed E-state index contributed by atoms with van der Waals surface area (Å²) in [6, 6.07) is 12.4. The SMILES string of the molecule is COCCCNC(=O)c1ccc2c(c1)N(Cc1ccc(F)cc1)CCS2. The van der Waals surface area contributed by atoms with E-state index in [1.807, 2.05) is 30.3 Å². The van der Waals surface area contributed by atoms with Crippen LogP contribution in [0.4, 0.5) is 10.1 Å². The summed E-state index contributed by atoms with van der Waals surface area (Å²) in [6.07, 6.45) is 0.791. The lowest BCUT2D eigenvalue weighted by Crippen LogP contribution is -2.30. The van der Waals surface area contributed by atoms with E-state index in [1.165, 1.54) is 17.0 Å². The number of rotatable bonds is 7. The fraction of sp³-hybridized carbons (Fsp3) is 0.350. The molecule has 1 heterocycles. The minimum atomic E-state index is -0.226. The molecule has 1 amide bonds. The van der Waals surface area contributed by atoms with E-state index in [0.29, 0.717) is 25.3 Å². The van der Waals surface area contributed by atoms with Crippen LogP contribution in [0.3, 0.4) is 0 Å². The number of nitrogens with zero attached hydrogens (tertiary/aromatic N) is 1. The molecule has 0 atom stereocenters. The monoisotopic (exact) mass is 374 g/mol. The second kappa shape index (κ2) is 9.05. The minimum Gasteiger partial charge on any atom is -0.385 e. The zero-order valence-electron chi connectivity index (χ0n) is 14.8. The van der Waals surface area contributed by atoms with Gasteiger partial charge in [-0.05, 0) is 42.3 Å². The molecule has 2 aromatic rings. The average molecular weight is 374 g/mol. The Balaban J connectivity index is 1.72. The third-order valence-electron chi connectivity index (χ3n) is 4.28. The lowest BCUT2D eigenvalue weighted by Gasteiger charge is -2.31. The maximum atomic E-state index is 13.1. The first kappa shape index (κ1) is 18.7. The van der Waals surface area contributed by atoms with E-state index in [1.54, 1.807) is 18.9 Å². The van der Waals surface area contributed by atoms with Gasteiger partial charge in [-0.15, -0.1) is 11.8 Å². The van der Waals surface area contributed by atoms with Gasteiger partial charge in [-0.1, -0.05) is 12.1 Å². The van der Waals surface area contributed by atoms with Crippen molar-refractivity contribution in [1.29, 1.82) is 0 Å². The summed E-state index contributed by atoms with van der Waals surface area (Å²) in [5.41, 5.74) is 2.78. The number of hydrogen-bond acceptors (Lipinski definition) is 4. The molecule has 0 saturated heterocycles. The van der Waals surface area contributed by atoms with Crippen LogP contribution in [0.2, 0.25) is 0 Å². The number of fused-ring (bicyclic) bond motifs is 1.